The van der Waals surface area contributed by atoms with Crippen LogP contribution in [0.25, 0.3) is 21.0 Å². The lowest BCUT2D eigenvalue weighted by atomic mass is 10.1. The molecule has 3 aromatic carbocycles. The van der Waals surface area contributed by atoms with Crippen molar-refractivity contribution >= 4 is 44.9 Å². The van der Waals surface area contributed by atoms with Crippen molar-refractivity contribution < 1.29 is 27.5 Å². The Kier molecular flexibility index (Phi) is 10.1. The molecule has 1 aromatic heterocycles. The minimum atomic E-state index is -4.02. The number of benzene rings is 3. The fraction of sp³-hybridized carbons (Fsp3) is 0.281. The molecule has 1 atom stereocenters. The second-order valence-electron chi connectivity index (χ2n) is 11.3. The van der Waals surface area contributed by atoms with Gasteiger partial charge in [0.2, 0.25) is 10.0 Å². The van der Waals surface area contributed by atoms with Gasteiger partial charge in [0.25, 0.3) is 0 Å². The fourth-order valence-electron chi connectivity index (χ4n) is 4.17. The van der Waals surface area contributed by atoms with Gasteiger partial charge in [-0.05, 0) is 83.5 Å². The summed E-state index contributed by atoms with van der Waals surface area (Å²) in [6.07, 6.45) is -0.385. The second kappa shape index (κ2) is 13.6. The van der Waals surface area contributed by atoms with Crippen LogP contribution in [0, 0.1) is 0 Å². The summed E-state index contributed by atoms with van der Waals surface area (Å²) in [5.74, 6) is 0. The molecule has 2 amide bonds. The number of carbonyl (C=O) groups is 2. The van der Waals surface area contributed by atoms with E-state index in [1.807, 2.05) is 42.5 Å². The number of amides is 2. The number of rotatable bonds is 9. The van der Waals surface area contributed by atoms with Gasteiger partial charge in [0.1, 0.15) is 11.1 Å². The van der Waals surface area contributed by atoms with E-state index >= 15 is 0 Å². The Bertz CT molecular complexity index is 1710. The number of nitrogens with one attached hydrogen (secondary N) is 3. The average molecular weight is 637 g/mol. The molecule has 0 aliphatic carbocycles. The van der Waals surface area contributed by atoms with Crippen LogP contribution in [-0.2, 0) is 19.5 Å². The maximum atomic E-state index is 13.6. The molecule has 0 radical (unpaired) electrons. The Balaban J connectivity index is 1.60. The minimum Gasteiger partial charge on any atom is -0.447 e. The minimum absolute atomic E-state index is 0.0141. The highest BCUT2D eigenvalue weighted by Crippen LogP contribution is 2.37. The van der Waals surface area contributed by atoms with Crippen molar-refractivity contribution in [3.05, 3.63) is 84.6 Å². The first-order valence-corrected chi connectivity index (χ1v) is 16.2. The van der Waals surface area contributed by atoms with Gasteiger partial charge < -0.3 is 9.47 Å². The summed E-state index contributed by atoms with van der Waals surface area (Å²) in [5.41, 5.74) is 2.12. The standard InChI is InChI=1S/C32H36N4O6S2/c1-20(2)41-30(37)34-24-14-12-23(13-15-24)29-33-19-27(43-29)26-17-16-25(18-28(26)44(39,40)36-32(4,5)6)35-31(38)42-21(3)22-10-8-7-9-11-22/h7-21,36H,1-6H3,(H,34,37)(H,35,38). The van der Waals surface area contributed by atoms with E-state index in [-0.39, 0.29) is 16.7 Å². The third-order valence-electron chi connectivity index (χ3n) is 6.00. The van der Waals surface area contributed by atoms with Crippen molar-refractivity contribution in [3.63, 3.8) is 0 Å². The average Bonchev–Trinajstić information content (AvgIpc) is 3.42. The molecule has 0 aliphatic rings. The number of sulfonamides is 1. The van der Waals surface area contributed by atoms with Gasteiger partial charge in [-0.15, -0.1) is 11.3 Å². The molecule has 3 N–H and O–H groups in total. The number of anilines is 2. The van der Waals surface area contributed by atoms with Gasteiger partial charge in [-0.1, -0.05) is 36.4 Å². The Morgan fingerprint density at radius 3 is 2.09 bits per heavy atom. The van der Waals surface area contributed by atoms with Crippen LogP contribution >= 0.6 is 11.3 Å². The normalized spacial score (nSPS) is 12.4. The maximum absolute atomic E-state index is 13.6. The largest absolute Gasteiger partial charge is 0.447 e. The molecular formula is C32H36N4O6S2. The molecule has 0 bridgehead atoms. The maximum Gasteiger partial charge on any atom is 0.412 e. The van der Waals surface area contributed by atoms with Crippen molar-refractivity contribution in [2.75, 3.05) is 10.6 Å². The van der Waals surface area contributed by atoms with E-state index in [1.54, 1.807) is 72.0 Å². The van der Waals surface area contributed by atoms with E-state index in [2.05, 4.69) is 20.3 Å². The summed E-state index contributed by atoms with van der Waals surface area (Å²) in [5, 5.41) is 5.98. The summed E-state index contributed by atoms with van der Waals surface area (Å²) in [6, 6.07) is 21.1. The van der Waals surface area contributed by atoms with Crippen LogP contribution < -0.4 is 15.4 Å². The molecule has 0 spiro atoms. The van der Waals surface area contributed by atoms with Gasteiger partial charge in [0.05, 0.1) is 15.9 Å². The number of nitrogens with zero attached hydrogens (tertiary/aromatic N) is 1. The van der Waals surface area contributed by atoms with Crippen LogP contribution in [0.5, 0.6) is 0 Å². The Morgan fingerprint density at radius 1 is 0.841 bits per heavy atom. The Morgan fingerprint density at radius 2 is 1.45 bits per heavy atom. The van der Waals surface area contributed by atoms with Gasteiger partial charge in [0, 0.05) is 34.2 Å². The Hall–Kier alpha value is -4.26. The number of ether oxygens (including phenoxy) is 2. The van der Waals surface area contributed by atoms with Crippen LogP contribution in [-0.4, -0.2) is 37.2 Å². The highest BCUT2D eigenvalue weighted by molar-refractivity contribution is 7.89. The molecule has 10 nitrogen and oxygen atoms in total. The molecular weight excluding hydrogens is 601 g/mol. The predicted octanol–water partition coefficient (Wildman–Crippen LogP) is 7.82. The summed E-state index contributed by atoms with van der Waals surface area (Å²) >= 11 is 1.31. The van der Waals surface area contributed by atoms with E-state index < -0.39 is 33.9 Å². The highest BCUT2D eigenvalue weighted by atomic mass is 32.2. The van der Waals surface area contributed by atoms with E-state index in [0.29, 0.717) is 21.1 Å². The molecule has 232 valence electrons. The quantitative estimate of drug-likeness (QED) is 0.170. The lowest BCUT2D eigenvalue weighted by Crippen LogP contribution is -2.40. The molecule has 0 fully saturated rings. The zero-order chi connectivity index (χ0) is 32.1. The molecule has 0 saturated carbocycles. The van der Waals surface area contributed by atoms with Crippen LogP contribution in [0.15, 0.2) is 83.9 Å². The van der Waals surface area contributed by atoms with Crippen LogP contribution in [0.1, 0.15) is 53.2 Å². The first kappa shape index (κ1) is 32.6. The summed E-state index contributed by atoms with van der Waals surface area (Å²) in [7, 11) is -4.02. The topological polar surface area (TPSA) is 136 Å². The third kappa shape index (κ3) is 8.88. The molecule has 44 heavy (non-hydrogen) atoms. The zero-order valence-electron chi connectivity index (χ0n) is 25.4. The van der Waals surface area contributed by atoms with E-state index in [1.165, 1.54) is 17.4 Å². The van der Waals surface area contributed by atoms with Crippen molar-refractivity contribution in [1.29, 1.82) is 0 Å². The molecule has 4 aromatic rings. The first-order valence-electron chi connectivity index (χ1n) is 13.9. The van der Waals surface area contributed by atoms with Crippen molar-refractivity contribution in [3.8, 4) is 21.0 Å². The monoisotopic (exact) mass is 636 g/mol. The van der Waals surface area contributed by atoms with Crippen LogP contribution in [0.2, 0.25) is 0 Å². The van der Waals surface area contributed by atoms with Crippen LogP contribution in [0.4, 0.5) is 21.0 Å². The third-order valence-corrected chi connectivity index (χ3v) is 8.88. The highest BCUT2D eigenvalue weighted by Gasteiger charge is 2.27. The molecule has 1 unspecified atom stereocenters. The lowest BCUT2D eigenvalue weighted by Gasteiger charge is -2.22. The van der Waals surface area contributed by atoms with Gasteiger partial charge in [-0.2, -0.15) is 0 Å². The van der Waals surface area contributed by atoms with Gasteiger partial charge in [0.15, 0.2) is 0 Å². The summed E-state index contributed by atoms with van der Waals surface area (Å²) in [4.78, 5) is 29.7. The Labute approximate surface area is 261 Å². The molecule has 4 rings (SSSR count). The van der Waals surface area contributed by atoms with Gasteiger partial charge in [-0.3, -0.25) is 10.6 Å². The number of hydrogen-bond acceptors (Lipinski definition) is 8. The van der Waals surface area contributed by atoms with Crippen LogP contribution in [0.3, 0.4) is 0 Å². The second-order valence-corrected chi connectivity index (χ2v) is 14.0. The number of hydrogen-bond donors (Lipinski definition) is 3. The smallest absolute Gasteiger partial charge is 0.412 e. The van der Waals surface area contributed by atoms with Gasteiger partial charge in [-0.25, -0.2) is 27.7 Å². The molecule has 0 aliphatic heterocycles. The van der Waals surface area contributed by atoms with E-state index in [4.69, 9.17) is 9.47 Å². The summed E-state index contributed by atoms with van der Waals surface area (Å²) < 4.78 is 40.5. The SMILES string of the molecule is CC(C)OC(=O)Nc1ccc(-c2ncc(-c3ccc(NC(=O)OC(C)c4ccccc4)cc3S(=O)(=O)NC(C)(C)C)s2)cc1. The molecule has 12 heteroatoms. The van der Waals surface area contributed by atoms with Crippen molar-refractivity contribution in [1.82, 2.24) is 9.71 Å². The van der Waals surface area contributed by atoms with Crippen molar-refractivity contribution in [2.24, 2.45) is 0 Å². The van der Waals surface area contributed by atoms with E-state index in [0.717, 1.165) is 11.1 Å². The van der Waals surface area contributed by atoms with E-state index in [9.17, 15) is 18.0 Å². The number of thiazole rings is 1. The zero-order valence-corrected chi connectivity index (χ0v) is 27.0. The molecule has 0 saturated heterocycles. The molecule has 1 heterocycles. The number of aromatic nitrogens is 1. The van der Waals surface area contributed by atoms with Gasteiger partial charge >= 0.3 is 12.2 Å². The number of carbonyl (C=O) groups excluding carboxylic acids is 2. The van der Waals surface area contributed by atoms with Crippen molar-refractivity contribution in [2.45, 2.75) is 64.2 Å². The lowest BCUT2D eigenvalue weighted by molar-refractivity contribution is 0.121. The summed E-state index contributed by atoms with van der Waals surface area (Å²) in [6.45, 7) is 10.5. The predicted molar refractivity (Wildman–Crippen MR) is 173 cm³/mol. The fourth-order valence-corrected chi connectivity index (χ4v) is 6.87. The first-order chi connectivity index (χ1) is 20.7.